The van der Waals surface area contributed by atoms with Gasteiger partial charge in [-0.15, -0.1) is 0 Å². The summed E-state index contributed by atoms with van der Waals surface area (Å²) in [6.07, 6.45) is 5.31. The van der Waals surface area contributed by atoms with Crippen LogP contribution in [0.3, 0.4) is 0 Å². The lowest BCUT2D eigenvalue weighted by Gasteiger charge is -2.31. The monoisotopic (exact) mass is 180 g/mol. The van der Waals surface area contributed by atoms with Crippen LogP contribution in [0.1, 0.15) is 25.7 Å². The van der Waals surface area contributed by atoms with Gasteiger partial charge in [0.15, 0.2) is 0 Å². The lowest BCUT2D eigenvalue weighted by molar-refractivity contribution is -0.140. The van der Waals surface area contributed by atoms with Crippen LogP contribution in [0, 0.1) is 5.92 Å². The van der Waals surface area contributed by atoms with Crippen molar-refractivity contribution < 1.29 is 14.6 Å². The minimum absolute atomic E-state index is 0.253. The standard InChI is InChI=1S/C10H12O3/c11-9-7-3-1-2-6-4-5-8(13-9)10(6,7)12/h3,6,8,12H,1-2,4-5H2/t6?,8-,10+/m1/s1. The van der Waals surface area contributed by atoms with Crippen LogP contribution in [0.5, 0.6) is 0 Å². The molecule has 3 atom stereocenters. The van der Waals surface area contributed by atoms with Gasteiger partial charge >= 0.3 is 5.97 Å². The van der Waals surface area contributed by atoms with E-state index in [1.807, 2.05) is 6.08 Å². The van der Waals surface area contributed by atoms with Crippen LogP contribution < -0.4 is 0 Å². The van der Waals surface area contributed by atoms with Gasteiger partial charge in [-0.25, -0.2) is 4.79 Å². The van der Waals surface area contributed by atoms with Crippen LogP contribution in [-0.4, -0.2) is 22.8 Å². The number of esters is 1. The molecule has 0 aromatic rings. The molecule has 3 rings (SSSR count). The Morgan fingerprint density at radius 1 is 1.46 bits per heavy atom. The highest BCUT2D eigenvalue weighted by molar-refractivity contribution is 5.94. The predicted octanol–water partition coefficient (Wildman–Crippen LogP) is 0.773. The van der Waals surface area contributed by atoms with Gasteiger partial charge in [0.1, 0.15) is 11.7 Å². The summed E-state index contributed by atoms with van der Waals surface area (Å²) in [6.45, 7) is 0. The van der Waals surface area contributed by atoms with Crippen LogP contribution in [-0.2, 0) is 9.53 Å². The molecule has 0 amide bonds. The molecule has 0 bridgehead atoms. The maximum atomic E-state index is 11.4. The Morgan fingerprint density at radius 3 is 3.15 bits per heavy atom. The van der Waals surface area contributed by atoms with E-state index in [1.54, 1.807) is 0 Å². The summed E-state index contributed by atoms with van der Waals surface area (Å²) in [4.78, 5) is 11.4. The fourth-order valence-electron chi connectivity index (χ4n) is 2.99. The molecule has 1 saturated carbocycles. The fraction of sp³-hybridized carbons (Fsp3) is 0.700. The molecule has 1 heterocycles. The van der Waals surface area contributed by atoms with Crippen molar-refractivity contribution in [1.29, 1.82) is 0 Å². The first kappa shape index (κ1) is 7.56. The number of allylic oxidation sites excluding steroid dienone is 1. The van der Waals surface area contributed by atoms with Crippen LogP contribution in [0.4, 0.5) is 0 Å². The average molecular weight is 180 g/mol. The third-order valence-electron chi connectivity index (χ3n) is 3.65. The number of rotatable bonds is 0. The first-order valence-corrected chi connectivity index (χ1v) is 4.87. The first-order chi connectivity index (χ1) is 6.23. The Kier molecular flexibility index (Phi) is 1.25. The van der Waals surface area contributed by atoms with E-state index < -0.39 is 5.60 Å². The third-order valence-corrected chi connectivity index (χ3v) is 3.65. The van der Waals surface area contributed by atoms with Crippen molar-refractivity contribution in [3.63, 3.8) is 0 Å². The summed E-state index contributed by atoms with van der Waals surface area (Å²) in [7, 11) is 0. The number of carbonyl (C=O) groups excluding carboxylic acids is 1. The molecule has 1 aliphatic heterocycles. The van der Waals surface area contributed by atoms with Crippen LogP contribution in [0.25, 0.3) is 0 Å². The second-order valence-corrected chi connectivity index (χ2v) is 4.19. The highest BCUT2D eigenvalue weighted by atomic mass is 16.6. The van der Waals surface area contributed by atoms with Gasteiger partial charge < -0.3 is 9.84 Å². The number of hydrogen-bond acceptors (Lipinski definition) is 3. The molecule has 3 nitrogen and oxygen atoms in total. The number of carbonyl (C=O) groups is 1. The number of ether oxygens (including phenoxy) is 1. The van der Waals surface area contributed by atoms with Gasteiger partial charge in [0.2, 0.25) is 0 Å². The summed E-state index contributed by atoms with van der Waals surface area (Å²) >= 11 is 0. The summed E-state index contributed by atoms with van der Waals surface area (Å²) < 4.78 is 5.14. The van der Waals surface area contributed by atoms with E-state index in [1.165, 1.54) is 0 Å². The SMILES string of the molecule is O=C1O[C@@H]2CCC3CCC=C1[C@@]32O. The molecule has 70 valence electrons. The van der Waals surface area contributed by atoms with E-state index in [0.717, 1.165) is 25.7 Å². The molecule has 1 N–H and O–H groups in total. The van der Waals surface area contributed by atoms with E-state index in [9.17, 15) is 9.90 Å². The summed E-state index contributed by atoms with van der Waals surface area (Å²) in [6, 6.07) is 0. The zero-order valence-corrected chi connectivity index (χ0v) is 7.32. The normalized spacial score (nSPS) is 47.2. The second-order valence-electron chi connectivity index (χ2n) is 4.19. The summed E-state index contributed by atoms with van der Waals surface area (Å²) in [5.74, 6) is -0.0409. The molecule has 2 aliphatic carbocycles. The molecule has 3 heteroatoms. The zero-order chi connectivity index (χ0) is 9.05. The Hall–Kier alpha value is -0.830. The van der Waals surface area contributed by atoms with Crippen molar-refractivity contribution in [3.05, 3.63) is 11.6 Å². The van der Waals surface area contributed by atoms with Gasteiger partial charge in [-0.2, -0.15) is 0 Å². The van der Waals surface area contributed by atoms with Crippen LogP contribution >= 0.6 is 0 Å². The lowest BCUT2D eigenvalue weighted by atomic mass is 9.77. The van der Waals surface area contributed by atoms with E-state index in [-0.39, 0.29) is 18.0 Å². The Bertz CT molecular complexity index is 307. The molecule has 13 heavy (non-hydrogen) atoms. The van der Waals surface area contributed by atoms with Gasteiger partial charge in [-0.1, -0.05) is 6.08 Å². The van der Waals surface area contributed by atoms with E-state index >= 15 is 0 Å². The van der Waals surface area contributed by atoms with Crippen molar-refractivity contribution in [3.8, 4) is 0 Å². The van der Waals surface area contributed by atoms with Crippen molar-refractivity contribution >= 4 is 5.97 Å². The van der Waals surface area contributed by atoms with Crippen LogP contribution in [0.15, 0.2) is 11.6 Å². The Morgan fingerprint density at radius 2 is 2.31 bits per heavy atom. The molecular formula is C10H12O3. The van der Waals surface area contributed by atoms with Crippen molar-refractivity contribution in [2.45, 2.75) is 37.4 Å². The smallest absolute Gasteiger partial charge is 0.337 e. The fourth-order valence-corrected chi connectivity index (χ4v) is 2.99. The third kappa shape index (κ3) is 0.718. The number of aliphatic hydroxyl groups is 1. The molecule has 1 saturated heterocycles. The Balaban J connectivity index is 2.15. The maximum Gasteiger partial charge on any atom is 0.337 e. The molecule has 0 aromatic carbocycles. The van der Waals surface area contributed by atoms with E-state index in [2.05, 4.69) is 0 Å². The van der Waals surface area contributed by atoms with Gasteiger partial charge in [0, 0.05) is 0 Å². The highest BCUT2D eigenvalue weighted by Gasteiger charge is 2.61. The molecule has 0 radical (unpaired) electrons. The Labute approximate surface area is 76.4 Å². The zero-order valence-electron chi connectivity index (χ0n) is 7.32. The maximum absolute atomic E-state index is 11.4. The van der Waals surface area contributed by atoms with Gasteiger partial charge in [0.05, 0.1) is 5.57 Å². The van der Waals surface area contributed by atoms with E-state index in [4.69, 9.17) is 4.74 Å². The molecule has 2 fully saturated rings. The average Bonchev–Trinajstić information content (AvgIpc) is 2.55. The van der Waals surface area contributed by atoms with Gasteiger partial charge in [0.25, 0.3) is 0 Å². The van der Waals surface area contributed by atoms with Crippen LogP contribution in [0.2, 0.25) is 0 Å². The molecule has 1 unspecified atom stereocenters. The topological polar surface area (TPSA) is 46.5 Å². The molecule has 3 aliphatic rings. The van der Waals surface area contributed by atoms with Crippen molar-refractivity contribution in [1.82, 2.24) is 0 Å². The molecule has 0 spiro atoms. The quantitative estimate of drug-likeness (QED) is 0.560. The van der Waals surface area contributed by atoms with E-state index in [0.29, 0.717) is 5.57 Å². The minimum Gasteiger partial charge on any atom is -0.455 e. The molecular weight excluding hydrogens is 168 g/mol. The summed E-state index contributed by atoms with van der Waals surface area (Å²) in [5, 5.41) is 10.4. The second kappa shape index (κ2) is 2.15. The van der Waals surface area contributed by atoms with Crippen molar-refractivity contribution in [2.75, 3.05) is 0 Å². The van der Waals surface area contributed by atoms with Gasteiger partial charge in [-0.05, 0) is 31.6 Å². The first-order valence-electron chi connectivity index (χ1n) is 4.87. The summed E-state index contributed by atoms with van der Waals surface area (Å²) in [5.41, 5.74) is -0.388. The van der Waals surface area contributed by atoms with Crippen molar-refractivity contribution in [2.24, 2.45) is 5.92 Å². The number of hydrogen-bond donors (Lipinski definition) is 1. The predicted molar refractivity (Wildman–Crippen MR) is 44.9 cm³/mol. The highest BCUT2D eigenvalue weighted by Crippen LogP contribution is 2.51. The lowest BCUT2D eigenvalue weighted by Crippen LogP contribution is -2.42. The minimum atomic E-state index is -0.921. The molecule has 0 aromatic heterocycles. The van der Waals surface area contributed by atoms with Gasteiger partial charge in [-0.3, -0.25) is 0 Å². The largest absolute Gasteiger partial charge is 0.455 e.